The van der Waals surface area contributed by atoms with Crippen molar-refractivity contribution in [2.24, 2.45) is 5.92 Å². The van der Waals surface area contributed by atoms with Gasteiger partial charge in [0.15, 0.2) is 0 Å². The van der Waals surface area contributed by atoms with Crippen LogP contribution in [0.3, 0.4) is 0 Å². The molecular weight excluding hydrogens is 220 g/mol. The first-order chi connectivity index (χ1) is 8.84. The lowest BCUT2D eigenvalue weighted by Crippen LogP contribution is -2.46. The van der Waals surface area contributed by atoms with E-state index in [0.717, 1.165) is 24.0 Å². The zero-order valence-corrected chi connectivity index (χ0v) is 12.0. The van der Waals surface area contributed by atoms with Crippen LogP contribution in [0.2, 0.25) is 0 Å². The van der Waals surface area contributed by atoms with E-state index in [1.807, 2.05) is 0 Å². The third-order valence-corrected chi connectivity index (χ3v) is 5.46. The van der Waals surface area contributed by atoms with Gasteiger partial charge in [0.2, 0.25) is 0 Å². The Kier molecular flexibility index (Phi) is 4.25. The topological polar surface area (TPSA) is 15.3 Å². The Balaban J connectivity index is 1.57. The van der Waals surface area contributed by atoms with Crippen molar-refractivity contribution in [3.8, 4) is 0 Å². The molecule has 2 nitrogen and oxygen atoms in total. The van der Waals surface area contributed by atoms with Crippen molar-refractivity contribution in [3.05, 3.63) is 0 Å². The van der Waals surface area contributed by atoms with Gasteiger partial charge in [0.1, 0.15) is 0 Å². The van der Waals surface area contributed by atoms with Crippen LogP contribution in [-0.2, 0) is 0 Å². The maximum Gasteiger partial charge on any atom is 0.0195 e. The Morgan fingerprint density at radius 3 is 2.39 bits per heavy atom. The minimum Gasteiger partial charge on any atom is -0.313 e. The van der Waals surface area contributed by atoms with Crippen molar-refractivity contribution in [3.63, 3.8) is 0 Å². The summed E-state index contributed by atoms with van der Waals surface area (Å²) < 4.78 is 0. The van der Waals surface area contributed by atoms with E-state index in [2.05, 4.69) is 17.1 Å². The molecule has 3 fully saturated rings. The van der Waals surface area contributed by atoms with Crippen LogP contribution in [0, 0.1) is 5.92 Å². The van der Waals surface area contributed by atoms with E-state index in [0.29, 0.717) is 0 Å². The number of nitrogens with zero attached hydrogens (tertiary/aromatic N) is 1. The summed E-state index contributed by atoms with van der Waals surface area (Å²) in [6.45, 7) is 5.09. The zero-order chi connectivity index (χ0) is 12.4. The van der Waals surface area contributed by atoms with Crippen LogP contribution in [0.15, 0.2) is 0 Å². The number of rotatable bonds is 5. The number of nitrogens with one attached hydrogen (secondary N) is 1. The minimum atomic E-state index is 0.789. The van der Waals surface area contributed by atoms with Crippen molar-refractivity contribution in [1.29, 1.82) is 0 Å². The molecule has 0 radical (unpaired) electrons. The summed E-state index contributed by atoms with van der Waals surface area (Å²) in [5, 5.41) is 3.69. The molecule has 1 aliphatic heterocycles. The molecule has 0 aromatic rings. The second-order valence-corrected chi connectivity index (χ2v) is 6.86. The number of hydrogen-bond donors (Lipinski definition) is 1. The van der Waals surface area contributed by atoms with Gasteiger partial charge in [-0.1, -0.05) is 19.3 Å². The van der Waals surface area contributed by atoms with Crippen LogP contribution in [-0.4, -0.2) is 36.1 Å². The maximum absolute atomic E-state index is 3.69. The van der Waals surface area contributed by atoms with Crippen LogP contribution in [0.25, 0.3) is 0 Å². The van der Waals surface area contributed by atoms with Crippen LogP contribution in [0.4, 0.5) is 0 Å². The molecule has 3 aliphatic rings. The average molecular weight is 250 g/mol. The Bertz CT molecular complexity index is 250. The van der Waals surface area contributed by atoms with E-state index in [1.165, 1.54) is 70.9 Å². The highest BCUT2D eigenvalue weighted by Crippen LogP contribution is 2.35. The molecule has 0 bridgehead atoms. The van der Waals surface area contributed by atoms with Gasteiger partial charge in [-0.2, -0.15) is 0 Å². The lowest BCUT2D eigenvalue weighted by Gasteiger charge is -2.38. The van der Waals surface area contributed by atoms with Gasteiger partial charge in [0.25, 0.3) is 0 Å². The predicted molar refractivity (Wildman–Crippen MR) is 76.8 cm³/mol. The van der Waals surface area contributed by atoms with E-state index < -0.39 is 0 Å². The molecule has 1 heterocycles. The molecule has 2 atom stereocenters. The highest BCUT2D eigenvalue weighted by atomic mass is 15.2. The molecule has 2 saturated carbocycles. The predicted octanol–water partition coefficient (Wildman–Crippen LogP) is 3.17. The van der Waals surface area contributed by atoms with Gasteiger partial charge in [-0.3, -0.25) is 4.90 Å². The smallest absolute Gasteiger partial charge is 0.0195 e. The molecule has 0 aromatic heterocycles. The lowest BCUT2D eigenvalue weighted by atomic mass is 9.83. The van der Waals surface area contributed by atoms with Crippen molar-refractivity contribution in [2.75, 3.05) is 13.1 Å². The molecule has 18 heavy (non-hydrogen) atoms. The van der Waals surface area contributed by atoms with Gasteiger partial charge in [-0.25, -0.2) is 0 Å². The van der Waals surface area contributed by atoms with Gasteiger partial charge >= 0.3 is 0 Å². The maximum atomic E-state index is 3.69. The largest absolute Gasteiger partial charge is 0.313 e. The molecule has 0 spiro atoms. The van der Waals surface area contributed by atoms with Crippen molar-refractivity contribution >= 4 is 0 Å². The Morgan fingerprint density at radius 2 is 1.78 bits per heavy atom. The van der Waals surface area contributed by atoms with Crippen LogP contribution < -0.4 is 5.32 Å². The lowest BCUT2D eigenvalue weighted by molar-refractivity contribution is 0.112. The molecule has 1 N–H and O–H groups in total. The minimum absolute atomic E-state index is 0.789. The first kappa shape index (κ1) is 12.9. The first-order valence-electron chi connectivity index (χ1n) is 8.34. The molecule has 1 saturated heterocycles. The monoisotopic (exact) mass is 250 g/mol. The number of hydrogen-bond acceptors (Lipinski definition) is 2. The summed E-state index contributed by atoms with van der Waals surface area (Å²) in [7, 11) is 0. The second-order valence-electron chi connectivity index (χ2n) is 6.86. The van der Waals surface area contributed by atoms with Crippen LogP contribution in [0.5, 0.6) is 0 Å². The van der Waals surface area contributed by atoms with Gasteiger partial charge in [0.05, 0.1) is 0 Å². The van der Waals surface area contributed by atoms with E-state index in [1.54, 1.807) is 0 Å². The summed E-state index contributed by atoms with van der Waals surface area (Å²) >= 11 is 0. The molecule has 3 rings (SSSR count). The highest BCUT2D eigenvalue weighted by Gasteiger charge is 2.36. The zero-order valence-electron chi connectivity index (χ0n) is 12.0. The third kappa shape index (κ3) is 3.08. The molecule has 0 amide bonds. The average Bonchev–Trinajstić information content (AvgIpc) is 3.13. The van der Waals surface area contributed by atoms with Crippen molar-refractivity contribution in [2.45, 2.75) is 82.8 Å². The second kappa shape index (κ2) is 5.92. The van der Waals surface area contributed by atoms with Gasteiger partial charge < -0.3 is 5.32 Å². The van der Waals surface area contributed by atoms with Crippen molar-refractivity contribution < 1.29 is 0 Å². The molecule has 0 aromatic carbocycles. The molecular formula is C16H30N2. The van der Waals surface area contributed by atoms with Crippen molar-refractivity contribution in [1.82, 2.24) is 10.2 Å². The van der Waals surface area contributed by atoms with E-state index >= 15 is 0 Å². The Labute approximate surface area is 113 Å². The summed E-state index contributed by atoms with van der Waals surface area (Å²) in [6.07, 6.45) is 13.1. The standard InChI is InChI=1S/C16H30N2/c1-13(14-6-3-2-4-7-14)18(16-9-10-16)12-15-8-5-11-17-15/h13-17H,2-12H2,1H3. The summed E-state index contributed by atoms with van der Waals surface area (Å²) in [4.78, 5) is 2.87. The van der Waals surface area contributed by atoms with Gasteiger partial charge in [-0.05, 0) is 57.9 Å². The summed E-state index contributed by atoms with van der Waals surface area (Å²) in [5.41, 5.74) is 0. The van der Waals surface area contributed by atoms with Crippen LogP contribution in [0.1, 0.15) is 64.7 Å². The van der Waals surface area contributed by atoms with E-state index in [-0.39, 0.29) is 0 Å². The molecule has 2 unspecified atom stereocenters. The molecule has 104 valence electrons. The fourth-order valence-electron chi connectivity index (χ4n) is 4.11. The fraction of sp³-hybridized carbons (Fsp3) is 1.00. The van der Waals surface area contributed by atoms with Gasteiger partial charge in [0, 0.05) is 24.7 Å². The summed E-state index contributed by atoms with van der Waals surface area (Å²) in [5.74, 6) is 0.987. The molecule has 2 heteroatoms. The van der Waals surface area contributed by atoms with E-state index in [4.69, 9.17) is 0 Å². The quantitative estimate of drug-likeness (QED) is 0.806. The van der Waals surface area contributed by atoms with Gasteiger partial charge in [-0.15, -0.1) is 0 Å². The Morgan fingerprint density at radius 1 is 1.00 bits per heavy atom. The SMILES string of the molecule is CC(C1CCCCC1)N(CC1CCCN1)C1CC1. The van der Waals surface area contributed by atoms with E-state index in [9.17, 15) is 0 Å². The highest BCUT2D eigenvalue weighted by molar-refractivity contribution is 4.93. The van der Waals surface area contributed by atoms with Crippen LogP contribution >= 0.6 is 0 Å². The first-order valence-corrected chi connectivity index (χ1v) is 8.34. The third-order valence-electron chi connectivity index (χ3n) is 5.46. The Hall–Kier alpha value is -0.0800. The molecule has 2 aliphatic carbocycles. The summed E-state index contributed by atoms with van der Waals surface area (Å²) in [6, 6.07) is 2.56. The normalized spacial score (nSPS) is 32.0. The fourth-order valence-corrected chi connectivity index (χ4v) is 4.11.